The van der Waals surface area contributed by atoms with Crippen LogP contribution in [-0.4, -0.2) is 17.4 Å². The molecule has 0 atom stereocenters. The maximum Gasteiger partial charge on any atom is 0.276 e. The second kappa shape index (κ2) is 7.00. The van der Waals surface area contributed by atoms with Crippen molar-refractivity contribution in [3.63, 3.8) is 0 Å². The standard InChI is InChI=1S/C22H21N3O/c1-16-7-2-4-10-19(16)24-18-12-13-20(23-15-18)22(26)25-14-6-9-17-8-3-5-11-21(17)25/h2-5,7-8,10-13,15,24H,6,9,14H2,1H3. The van der Waals surface area contributed by atoms with E-state index >= 15 is 0 Å². The van der Waals surface area contributed by atoms with Crippen LogP contribution in [0, 0.1) is 6.92 Å². The third-order valence-corrected chi connectivity index (χ3v) is 4.76. The van der Waals surface area contributed by atoms with Crippen molar-refractivity contribution in [1.82, 2.24) is 4.98 Å². The van der Waals surface area contributed by atoms with Crippen LogP contribution in [0.1, 0.15) is 28.0 Å². The molecule has 4 nitrogen and oxygen atoms in total. The smallest absolute Gasteiger partial charge is 0.276 e. The molecular formula is C22H21N3O. The Morgan fingerprint density at radius 1 is 1.04 bits per heavy atom. The van der Waals surface area contributed by atoms with E-state index < -0.39 is 0 Å². The number of benzene rings is 2. The van der Waals surface area contributed by atoms with Gasteiger partial charge in [0.1, 0.15) is 5.69 Å². The largest absolute Gasteiger partial charge is 0.354 e. The van der Waals surface area contributed by atoms with Crippen LogP contribution < -0.4 is 10.2 Å². The highest BCUT2D eigenvalue weighted by Crippen LogP contribution is 2.28. The highest BCUT2D eigenvalue weighted by molar-refractivity contribution is 6.05. The van der Waals surface area contributed by atoms with Crippen LogP contribution in [0.5, 0.6) is 0 Å². The van der Waals surface area contributed by atoms with E-state index in [9.17, 15) is 4.79 Å². The molecule has 3 aromatic rings. The summed E-state index contributed by atoms with van der Waals surface area (Å²) in [7, 11) is 0. The van der Waals surface area contributed by atoms with Gasteiger partial charge >= 0.3 is 0 Å². The average Bonchev–Trinajstić information content (AvgIpc) is 2.69. The second-order valence-corrected chi connectivity index (χ2v) is 6.56. The summed E-state index contributed by atoms with van der Waals surface area (Å²) in [4.78, 5) is 19.2. The average molecular weight is 343 g/mol. The van der Waals surface area contributed by atoms with Gasteiger partial charge in [0, 0.05) is 17.9 Å². The van der Waals surface area contributed by atoms with Crippen LogP contribution in [0.15, 0.2) is 66.9 Å². The number of nitrogens with zero attached hydrogens (tertiary/aromatic N) is 2. The first-order valence-electron chi connectivity index (χ1n) is 8.91. The van der Waals surface area contributed by atoms with E-state index in [2.05, 4.69) is 29.4 Å². The zero-order valence-corrected chi connectivity index (χ0v) is 14.8. The van der Waals surface area contributed by atoms with E-state index in [1.54, 1.807) is 12.3 Å². The molecule has 0 radical (unpaired) electrons. The fraction of sp³-hybridized carbons (Fsp3) is 0.182. The lowest BCUT2D eigenvalue weighted by Gasteiger charge is -2.29. The number of aromatic nitrogens is 1. The zero-order chi connectivity index (χ0) is 17.9. The van der Waals surface area contributed by atoms with E-state index in [0.29, 0.717) is 5.69 Å². The molecule has 0 aliphatic carbocycles. The summed E-state index contributed by atoms with van der Waals surface area (Å²) in [5.74, 6) is -0.0420. The number of nitrogens with one attached hydrogen (secondary N) is 1. The molecule has 0 spiro atoms. The lowest BCUT2D eigenvalue weighted by atomic mass is 10.0. The number of rotatable bonds is 3. The highest BCUT2D eigenvalue weighted by Gasteiger charge is 2.23. The Morgan fingerprint density at radius 2 is 1.85 bits per heavy atom. The first-order valence-corrected chi connectivity index (χ1v) is 8.91. The maximum absolute atomic E-state index is 12.9. The zero-order valence-electron chi connectivity index (χ0n) is 14.8. The number of fused-ring (bicyclic) bond motifs is 1. The fourth-order valence-electron chi connectivity index (χ4n) is 3.35. The minimum Gasteiger partial charge on any atom is -0.354 e. The molecule has 0 saturated heterocycles. The predicted molar refractivity (Wildman–Crippen MR) is 105 cm³/mol. The van der Waals surface area contributed by atoms with Gasteiger partial charge in [0.25, 0.3) is 5.91 Å². The summed E-state index contributed by atoms with van der Waals surface area (Å²) in [5.41, 5.74) is 5.78. The van der Waals surface area contributed by atoms with Crippen molar-refractivity contribution < 1.29 is 4.79 Å². The third-order valence-electron chi connectivity index (χ3n) is 4.76. The molecule has 130 valence electrons. The predicted octanol–water partition coefficient (Wildman–Crippen LogP) is 4.73. The molecule has 26 heavy (non-hydrogen) atoms. The van der Waals surface area contributed by atoms with Gasteiger partial charge < -0.3 is 10.2 Å². The normalized spacial score (nSPS) is 13.2. The van der Waals surface area contributed by atoms with Gasteiger partial charge in [-0.3, -0.25) is 4.79 Å². The number of carbonyl (C=O) groups excluding carboxylic acids is 1. The Bertz CT molecular complexity index is 934. The summed E-state index contributed by atoms with van der Waals surface area (Å²) in [5, 5.41) is 3.35. The molecule has 4 heteroatoms. The summed E-state index contributed by atoms with van der Waals surface area (Å²) < 4.78 is 0. The van der Waals surface area contributed by atoms with Gasteiger partial charge in [-0.05, 0) is 55.2 Å². The van der Waals surface area contributed by atoms with E-state index in [0.717, 1.165) is 42.0 Å². The van der Waals surface area contributed by atoms with E-state index in [-0.39, 0.29) is 5.91 Å². The number of carbonyl (C=O) groups is 1. The molecule has 1 aliphatic rings. The third kappa shape index (κ3) is 3.18. The maximum atomic E-state index is 12.9. The summed E-state index contributed by atoms with van der Waals surface area (Å²) in [6, 6.07) is 19.9. The molecule has 1 amide bonds. The summed E-state index contributed by atoms with van der Waals surface area (Å²) in [6.45, 7) is 2.79. The first kappa shape index (κ1) is 16.3. The van der Waals surface area contributed by atoms with Gasteiger partial charge in [0.2, 0.25) is 0 Å². The minimum absolute atomic E-state index is 0.0420. The topological polar surface area (TPSA) is 45.2 Å². The van der Waals surface area contributed by atoms with Crippen molar-refractivity contribution in [2.24, 2.45) is 0 Å². The molecular weight excluding hydrogens is 322 g/mol. The molecule has 1 aromatic heterocycles. The Balaban J connectivity index is 1.54. The minimum atomic E-state index is -0.0420. The van der Waals surface area contributed by atoms with Gasteiger partial charge in [-0.15, -0.1) is 0 Å². The molecule has 0 saturated carbocycles. The van der Waals surface area contributed by atoms with Crippen LogP contribution >= 0.6 is 0 Å². The number of hydrogen-bond acceptors (Lipinski definition) is 3. The monoisotopic (exact) mass is 343 g/mol. The summed E-state index contributed by atoms with van der Waals surface area (Å²) in [6.07, 6.45) is 3.72. The lowest BCUT2D eigenvalue weighted by molar-refractivity contribution is 0.0980. The van der Waals surface area contributed by atoms with Crippen molar-refractivity contribution >= 4 is 23.0 Å². The summed E-state index contributed by atoms with van der Waals surface area (Å²) >= 11 is 0. The number of aryl methyl sites for hydroxylation is 2. The van der Waals surface area contributed by atoms with E-state index in [1.807, 2.05) is 47.4 Å². The number of anilines is 3. The van der Waals surface area contributed by atoms with Crippen molar-refractivity contribution in [1.29, 1.82) is 0 Å². The van der Waals surface area contributed by atoms with Crippen LogP contribution in [0.3, 0.4) is 0 Å². The van der Waals surface area contributed by atoms with E-state index in [4.69, 9.17) is 0 Å². The quantitative estimate of drug-likeness (QED) is 0.748. The van der Waals surface area contributed by atoms with Crippen molar-refractivity contribution in [2.75, 3.05) is 16.8 Å². The van der Waals surface area contributed by atoms with Crippen LogP contribution in [0.2, 0.25) is 0 Å². The number of para-hydroxylation sites is 2. The Morgan fingerprint density at radius 3 is 2.65 bits per heavy atom. The second-order valence-electron chi connectivity index (χ2n) is 6.56. The van der Waals surface area contributed by atoms with Crippen LogP contribution in [-0.2, 0) is 6.42 Å². The molecule has 0 unspecified atom stereocenters. The van der Waals surface area contributed by atoms with Crippen molar-refractivity contribution in [2.45, 2.75) is 19.8 Å². The van der Waals surface area contributed by atoms with Gasteiger partial charge in [-0.1, -0.05) is 36.4 Å². The number of amides is 1. The molecule has 2 aromatic carbocycles. The SMILES string of the molecule is Cc1ccccc1Nc1ccc(C(=O)N2CCCc3ccccc32)nc1. The highest BCUT2D eigenvalue weighted by atomic mass is 16.2. The number of pyridine rings is 1. The van der Waals surface area contributed by atoms with Gasteiger partial charge in [-0.2, -0.15) is 0 Å². The Kier molecular flexibility index (Phi) is 4.40. The lowest BCUT2D eigenvalue weighted by Crippen LogP contribution is -2.35. The van der Waals surface area contributed by atoms with Crippen LogP contribution in [0.25, 0.3) is 0 Å². The molecule has 1 aliphatic heterocycles. The number of hydrogen-bond donors (Lipinski definition) is 1. The van der Waals surface area contributed by atoms with Gasteiger partial charge in [0.05, 0.1) is 11.9 Å². The van der Waals surface area contributed by atoms with Crippen LogP contribution in [0.4, 0.5) is 17.1 Å². The molecule has 4 rings (SSSR count). The molecule has 0 bridgehead atoms. The Labute approximate surface area is 153 Å². The van der Waals surface area contributed by atoms with E-state index in [1.165, 1.54) is 5.56 Å². The molecule has 2 heterocycles. The molecule has 0 fully saturated rings. The van der Waals surface area contributed by atoms with Crippen molar-refractivity contribution in [3.8, 4) is 0 Å². The fourth-order valence-corrected chi connectivity index (χ4v) is 3.35. The molecule has 1 N–H and O–H groups in total. The Hall–Kier alpha value is -3.14. The first-order chi connectivity index (χ1) is 12.7. The van der Waals surface area contributed by atoms with Gasteiger partial charge in [-0.25, -0.2) is 4.98 Å². The van der Waals surface area contributed by atoms with Crippen molar-refractivity contribution in [3.05, 3.63) is 83.7 Å². The van der Waals surface area contributed by atoms with Gasteiger partial charge in [0.15, 0.2) is 0 Å².